The van der Waals surface area contributed by atoms with Crippen LogP contribution in [0.3, 0.4) is 0 Å². The molecule has 2 N–H and O–H groups in total. The Morgan fingerprint density at radius 2 is 1.90 bits per heavy atom. The molecule has 1 aromatic carbocycles. The second-order valence-corrected chi connectivity index (χ2v) is 5.00. The van der Waals surface area contributed by atoms with Crippen LogP contribution in [0.25, 0.3) is 0 Å². The van der Waals surface area contributed by atoms with Crippen molar-refractivity contribution in [3.05, 3.63) is 40.9 Å². The predicted octanol–water partition coefficient (Wildman–Crippen LogP) is 4.40. The molecule has 2 rings (SSSR count). The summed E-state index contributed by atoms with van der Waals surface area (Å²) in [7, 11) is 0. The van der Waals surface area contributed by atoms with Crippen molar-refractivity contribution in [2.75, 3.05) is 17.2 Å². The van der Waals surface area contributed by atoms with Crippen molar-refractivity contribution < 1.29 is 4.39 Å². The molecule has 0 atom stereocenters. The number of nitrogens with one attached hydrogen (secondary N) is 2. The van der Waals surface area contributed by atoms with Crippen molar-refractivity contribution in [1.29, 1.82) is 0 Å². The van der Waals surface area contributed by atoms with Gasteiger partial charge in [0.15, 0.2) is 0 Å². The molecule has 112 valence electrons. The molecular formula is C15H18ClFN4. The average Bonchev–Trinajstić information content (AvgIpc) is 2.43. The predicted molar refractivity (Wildman–Crippen MR) is 84.9 cm³/mol. The third-order valence-corrected chi connectivity index (χ3v) is 3.09. The first kappa shape index (κ1) is 15.5. The van der Waals surface area contributed by atoms with Crippen molar-refractivity contribution in [3.8, 4) is 0 Å². The van der Waals surface area contributed by atoms with Crippen LogP contribution in [-0.4, -0.2) is 16.5 Å². The highest BCUT2D eigenvalue weighted by Gasteiger charge is 2.06. The number of anilines is 3. The van der Waals surface area contributed by atoms with Crippen LogP contribution in [0.2, 0.25) is 5.02 Å². The Morgan fingerprint density at radius 3 is 2.57 bits per heavy atom. The Kier molecular flexibility index (Phi) is 5.33. The quantitative estimate of drug-likeness (QED) is 0.830. The molecule has 0 saturated heterocycles. The van der Waals surface area contributed by atoms with Gasteiger partial charge in [0.05, 0.1) is 5.02 Å². The van der Waals surface area contributed by atoms with Gasteiger partial charge in [-0.25, -0.2) is 14.4 Å². The monoisotopic (exact) mass is 308 g/mol. The first-order valence-electron chi connectivity index (χ1n) is 6.96. The van der Waals surface area contributed by atoms with Gasteiger partial charge in [-0.3, -0.25) is 0 Å². The summed E-state index contributed by atoms with van der Waals surface area (Å²) in [5.74, 6) is 1.76. The molecule has 1 aromatic heterocycles. The standard InChI is InChI=1S/C15H18ClFN4/c1-3-5-13-20-14(18-4-2)9-15(21-13)19-10-6-7-12(17)11(16)8-10/h6-9H,3-5H2,1-2H3,(H2,18,19,20,21). The summed E-state index contributed by atoms with van der Waals surface area (Å²) in [5, 5.41) is 6.38. The summed E-state index contributed by atoms with van der Waals surface area (Å²) < 4.78 is 13.2. The first-order chi connectivity index (χ1) is 10.1. The van der Waals surface area contributed by atoms with E-state index in [1.807, 2.05) is 13.0 Å². The molecular weight excluding hydrogens is 291 g/mol. The molecule has 0 spiro atoms. The van der Waals surface area contributed by atoms with Gasteiger partial charge in [-0.2, -0.15) is 0 Å². The Balaban J connectivity index is 2.26. The van der Waals surface area contributed by atoms with Gasteiger partial charge >= 0.3 is 0 Å². The van der Waals surface area contributed by atoms with E-state index in [0.29, 0.717) is 11.5 Å². The van der Waals surface area contributed by atoms with E-state index in [9.17, 15) is 4.39 Å². The van der Waals surface area contributed by atoms with Gasteiger partial charge in [-0.05, 0) is 31.5 Å². The van der Waals surface area contributed by atoms with Crippen LogP contribution in [0.15, 0.2) is 24.3 Å². The lowest BCUT2D eigenvalue weighted by molar-refractivity contribution is 0.628. The van der Waals surface area contributed by atoms with Crippen LogP contribution in [0.5, 0.6) is 0 Å². The highest BCUT2D eigenvalue weighted by atomic mass is 35.5. The van der Waals surface area contributed by atoms with E-state index >= 15 is 0 Å². The van der Waals surface area contributed by atoms with Gasteiger partial charge in [-0.1, -0.05) is 18.5 Å². The molecule has 1 heterocycles. The Bertz CT molecular complexity index is 594. The average molecular weight is 309 g/mol. The molecule has 4 nitrogen and oxygen atoms in total. The van der Waals surface area contributed by atoms with Crippen LogP contribution in [0, 0.1) is 5.82 Å². The number of hydrogen-bond donors (Lipinski definition) is 2. The van der Waals surface area contributed by atoms with Gasteiger partial charge in [0.1, 0.15) is 23.3 Å². The fraction of sp³-hybridized carbons (Fsp3) is 0.333. The number of halogens is 2. The third kappa shape index (κ3) is 4.29. The fourth-order valence-corrected chi connectivity index (χ4v) is 2.07. The molecule has 0 radical (unpaired) electrons. The Labute approximate surface area is 128 Å². The summed E-state index contributed by atoms with van der Waals surface area (Å²) >= 11 is 5.78. The van der Waals surface area contributed by atoms with Gasteiger partial charge < -0.3 is 10.6 Å². The maximum absolute atomic E-state index is 13.2. The maximum atomic E-state index is 13.2. The molecule has 21 heavy (non-hydrogen) atoms. The molecule has 0 aliphatic carbocycles. The van der Waals surface area contributed by atoms with Gasteiger partial charge in [0.2, 0.25) is 0 Å². The van der Waals surface area contributed by atoms with Gasteiger partial charge in [-0.15, -0.1) is 0 Å². The molecule has 0 unspecified atom stereocenters. The third-order valence-electron chi connectivity index (χ3n) is 2.80. The van der Waals surface area contributed by atoms with Crippen molar-refractivity contribution in [1.82, 2.24) is 9.97 Å². The summed E-state index contributed by atoms with van der Waals surface area (Å²) in [5.41, 5.74) is 0.685. The highest BCUT2D eigenvalue weighted by Crippen LogP contribution is 2.23. The molecule has 0 amide bonds. The van der Waals surface area contributed by atoms with Crippen molar-refractivity contribution in [2.45, 2.75) is 26.7 Å². The lowest BCUT2D eigenvalue weighted by Crippen LogP contribution is -2.06. The normalized spacial score (nSPS) is 10.5. The van der Waals surface area contributed by atoms with Crippen LogP contribution in [0.1, 0.15) is 26.1 Å². The van der Waals surface area contributed by atoms with E-state index in [0.717, 1.165) is 31.0 Å². The number of nitrogens with zero attached hydrogens (tertiary/aromatic N) is 2. The zero-order chi connectivity index (χ0) is 15.2. The number of hydrogen-bond acceptors (Lipinski definition) is 4. The SMILES string of the molecule is CCCc1nc(NCC)cc(Nc2ccc(F)c(Cl)c2)n1. The van der Waals surface area contributed by atoms with E-state index in [-0.39, 0.29) is 5.02 Å². The lowest BCUT2D eigenvalue weighted by atomic mass is 10.3. The number of benzene rings is 1. The van der Waals surface area contributed by atoms with Crippen LogP contribution in [0.4, 0.5) is 21.7 Å². The highest BCUT2D eigenvalue weighted by molar-refractivity contribution is 6.31. The minimum Gasteiger partial charge on any atom is -0.370 e. The summed E-state index contributed by atoms with van der Waals surface area (Å²) in [6, 6.07) is 6.30. The Morgan fingerprint density at radius 1 is 1.14 bits per heavy atom. The molecule has 0 bridgehead atoms. The first-order valence-corrected chi connectivity index (χ1v) is 7.34. The largest absolute Gasteiger partial charge is 0.370 e. The summed E-state index contributed by atoms with van der Waals surface area (Å²) in [4.78, 5) is 8.89. The maximum Gasteiger partial charge on any atom is 0.141 e. The van der Waals surface area contributed by atoms with Crippen LogP contribution in [-0.2, 0) is 6.42 Å². The van der Waals surface area contributed by atoms with Crippen molar-refractivity contribution in [3.63, 3.8) is 0 Å². The zero-order valence-corrected chi connectivity index (χ0v) is 12.8. The number of rotatable bonds is 6. The zero-order valence-electron chi connectivity index (χ0n) is 12.1. The van der Waals surface area contributed by atoms with Crippen LogP contribution >= 0.6 is 11.6 Å². The minimum absolute atomic E-state index is 0.0785. The molecule has 0 aliphatic heterocycles. The Hall–Kier alpha value is -1.88. The van der Waals surface area contributed by atoms with Crippen molar-refractivity contribution in [2.24, 2.45) is 0 Å². The molecule has 2 aromatic rings. The number of aryl methyl sites for hydroxylation is 1. The van der Waals surface area contributed by atoms with Gasteiger partial charge in [0.25, 0.3) is 0 Å². The minimum atomic E-state index is -0.440. The summed E-state index contributed by atoms with van der Waals surface area (Å²) in [6.07, 6.45) is 1.77. The van der Waals surface area contributed by atoms with Crippen LogP contribution < -0.4 is 10.6 Å². The smallest absolute Gasteiger partial charge is 0.141 e. The second-order valence-electron chi connectivity index (χ2n) is 4.59. The molecule has 6 heteroatoms. The van der Waals surface area contributed by atoms with Gasteiger partial charge in [0, 0.05) is 24.7 Å². The lowest BCUT2D eigenvalue weighted by Gasteiger charge is -2.11. The van der Waals surface area contributed by atoms with E-state index in [1.54, 1.807) is 6.07 Å². The fourth-order valence-electron chi connectivity index (χ4n) is 1.89. The second kappa shape index (κ2) is 7.22. The number of aromatic nitrogens is 2. The van der Waals surface area contributed by atoms with E-state index in [2.05, 4.69) is 27.5 Å². The summed E-state index contributed by atoms with van der Waals surface area (Å²) in [6.45, 7) is 4.87. The molecule has 0 fully saturated rings. The molecule has 0 aliphatic rings. The van der Waals surface area contributed by atoms with E-state index in [4.69, 9.17) is 11.6 Å². The van der Waals surface area contributed by atoms with E-state index in [1.165, 1.54) is 12.1 Å². The molecule has 0 saturated carbocycles. The van der Waals surface area contributed by atoms with Crippen molar-refractivity contribution >= 4 is 28.9 Å². The topological polar surface area (TPSA) is 49.8 Å². The van der Waals surface area contributed by atoms with E-state index < -0.39 is 5.82 Å².